The van der Waals surface area contributed by atoms with Gasteiger partial charge in [-0.1, -0.05) is 0 Å². The monoisotopic (exact) mass is 320 g/mol. The van der Waals surface area contributed by atoms with Crippen molar-refractivity contribution in [1.82, 2.24) is 0 Å². The zero-order valence-corrected chi connectivity index (χ0v) is 12.8. The maximum absolute atomic E-state index is 11.2. The van der Waals surface area contributed by atoms with Crippen LogP contribution in [0.4, 0.5) is 0 Å². The van der Waals surface area contributed by atoms with Crippen LogP contribution >= 0.6 is 0 Å². The van der Waals surface area contributed by atoms with Gasteiger partial charge in [-0.05, 0) is 6.92 Å². The number of rotatable bonds is 4. The Kier molecular flexibility index (Phi) is 5.86. The number of aliphatic hydroxyl groups is 2. The van der Waals surface area contributed by atoms with Gasteiger partial charge < -0.3 is 29.2 Å². The number of ether oxygens (including phenoxy) is 4. The maximum atomic E-state index is 11.2. The SMILES string of the molecule is CC(=O)OC1O[C@](C)(CO)[C@@H](O)[C@H](OC(C)=O)[C@@H]1OC(C)=O. The number of hydrogen-bond donors (Lipinski definition) is 2. The van der Waals surface area contributed by atoms with E-state index in [-0.39, 0.29) is 0 Å². The van der Waals surface area contributed by atoms with Gasteiger partial charge in [0.15, 0.2) is 6.10 Å². The molecule has 22 heavy (non-hydrogen) atoms. The summed E-state index contributed by atoms with van der Waals surface area (Å²) in [5.41, 5.74) is -1.57. The highest BCUT2D eigenvalue weighted by atomic mass is 16.7. The minimum absolute atomic E-state index is 0.642. The Morgan fingerprint density at radius 2 is 1.45 bits per heavy atom. The third kappa shape index (κ3) is 4.15. The molecule has 9 nitrogen and oxygen atoms in total. The molecule has 1 rings (SSSR count). The van der Waals surface area contributed by atoms with Crippen LogP contribution in [0.25, 0.3) is 0 Å². The van der Waals surface area contributed by atoms with Crippen LogP contribution in [0.2, 0.25) is 0 Å². The minimum Gasteiger partial charge on any atom is -0.455 e. The summed E-state index contributed by atoms with van der Waals surface area (Å²) < 4.78 is 20.2. The standard InChI is InChI=1S/C13H20O9/c1-6(15)19-9-10(20-7(2)16)12(21-8(3)17)22-13(4,5-14)11(9)18/h9-12,14,18H,5H2,1-4H3/t9-,10+,11+,12?,13-/m1/s1. The number of esters is 3. The van der Waals surface area contributed by atoms with Crippen molar-refractivity contribution in [2.24, 2.45) is 0 Å². The summed E-state index contributed by atoms with van der Waals surface area (Å²) in [7, 11) is 0. The Labute approximate surface area is 127 Å². The largest absolute Gasteiger partial charge is 0.455 e. The summed E-state index contributed by atoms with van der Waals surface area (Å²) in [4.78, 5) is 33.6. The molecule has 0 aromatic heterocycles. The topological polar surface area (TPSA) is 129 Å². The molecule has 0 bridgehead atoms. The molecule has 5 atom stereocenters. The lowest BCUT2D eigenvalue weighted by molar-refractivity contribution is -0.327. The van der Waals surface area contributed by atoms with Crippen LogP contribution < -0.4 is 0 Å². The maximum Gasteiger partial charge on any atom is 0.305 e. The van der Waals surface area contributed by atoms with Gasteiger partial charge in [-0.2, -0.15) is 0 Å². The molecule has 1 heterocycles. The molecule has 0 aliphatic carbocycles. The summed E-state index contributed by atoms with van der Waals surface area (Å²) >= 11 is 0. The van der Waals surface area contributed by atoms with E-state index in [1.807, 2.05) is 0 Å². The molecule has 0 amide bonds. The van der Waals surface area contributed by atoms with Crippen LogP contribution in [0.5, 0.6) is 0 Å². The fraction of sp³-hybridized carbons (Fsp3) is 0.769. The average Bonchev–Trinajstić information content (AvgIpc) is 2.38. The second-order valence-corrected chi connectivity index (χ2v) is 5.16. The van der Waals surface area contributed by atoms with E-state index in [1.165, 1.54) is 6.92 Å². The number of hydrogen-bond acceptors (Lipinski definition) is 9. The molecule has 0 aromatic carbocycles. The Hall–Kier alpha value is -1.71. The molecule has 0 aromatic rings. The Balaban J connectivity index is 3.18. The Morgan fingerprint density at radius 1 is 1.00 bits per heavy atom. The Morgan fingerprint density at radius 3 is 1.86 bits per heavy atom. The van der Waals surface area contributed by atoms with Crippen LogP contribution in [0.3, 0.4) is 0 Å². The molecule has 9 heteroatoms. The molecule has 1 saturated heterocycles. The molecular formula is C13H20O9. The molecule has 1 fully saturated rings. The molecule has 2 N–H and O–H groups in total. The van der Waals surface area contributed by atoms with E-state index in [2.05, 4.69) is 0 Å². The van der Waals surface area contributed by atoms with E-state index in [1.54, 1.807) is 0 Å². The molecular weight excluding hydrogens is 300 g/mol. The summed E-state index contributed by atoms with van der Waals surface area (Å²) in [5.74, 6) is -2.23. The van der Waals surface area contributed by atoms with Crippen molar-refractivity contribution in [3.05, 3.63) is 0 Å². The summed E-state index contributed by atoms with van der Waals surface area (Å²) in [6, 6.07) is 0. The van der Waals surface area contributed by atoms with Gasteiger partial charge in [0.1, 0.15) is 11.7 Å². The molecule has 0 radical (unpaired) electrons. The van der Waals surface area contributed by atoms with E-state index in [9.17, 15) is 24.6 Å². The summed E-state index contributed by atoms with van der Waals surface area (Å²) in [6.45, 7) is 4.01. The van der Waals surface area contributed by atoms with E-state index < -0.39 is 54.7 Å². The van der Waals surface area contributed by atoms with Gasteiger partial charge in [0.2, 0.25) is 12.4 Å². The lowest BCUT2D eigenvalue weighted by Crippen LogP contribution is -2.67. The second-order valence-electron chi connectivity index (χ2n) is 5.16. The van der Waals surface area contributed by atoms with Gasteiger partial charge in [0.25, 0.3) is 0 Å². The lowest BCUT2D eigenvalue weighted by atomic mass is 9.88. The van der Waals surface area contributed by atoms with Crippen molar-refractivity contribution >= 4 is 17.9 Å². The van der Waals surface area contributed by atoms with Gasteiger partial charge in [-0.25, -0.2) is 0 Å². The van der Waals surface area contributed by atoms with E-state index in [4.69, 9.17) is 18.9 Å². The highest BCUT2D eigenvalue weighted by Gasteiger charge is 2.56. The first-order valence-corrected chi connectivity index (χ1v) is 6.59. The third-order valence-electron chi connectivity index (χ3n) is 3.11. The van der Waals surface area contributed by atoms with Gasteiger partial charge >= 0.3 is 17.9 Å². The average molecular weight is 320 g/mol. The normalized spacial score (nSPS) is 34.6. The first-order chi connectivity index (χ1) is 10.1. The van der Waals surface area contributed by atoms with Crippen LogP contribution in [0, 0.1) is 0 Å². The van der Waals surface area contributed by atoms with Crippen LogP contribution in [0.1, 0.15) is 27.7 Å². The number of carbonyl (C=O) groups is 3. The molecule has 1 unspecified atom stereocenters. The van der Waals surface area contributed by atoms with Crippen molar-refractivity contribution in [2.75, 3.05) is 6.61 Å². The fourth-order valence-corrected chi connectivity index (χ4v) is 2.11. The second kappa shape index (κ2) is 7.03. The third-order valence-corrected chi connectivity index (χ3v) is 3.11. The van der Waals surface area contributed by atoms with E-state index in [0.29, 0.717) is 0 Å². The van der Waals surface area contributed by atoms with Crippen molar-refractivity contribution in [1.29, 1.82) is 0 Å². The fourth-order valence-electron chi connectivity index (χ4n) is 2.11. The summed E-state index contributed by atoms with van der Waals surface area (Å²) in [5, 5.41) is 19.7. The lowest BCUT2D eigenvalue weighted by Gasteiger charge is -2.47. The van der Waals surface area contributed by atoms with E-state index in [0.717, 1.165) is 20.8 Å². The van der Waals surface area contributed by atoms with Gasteiger partial charge in [-0.3, -0.25) is 14.4 Å². The Bertz CT molecular complexity index is 449. The quantitative estimate of drug-likeness (QED) is 0.489. The predicted molar refractivity (Wildman–Crippen MR) is 69.2 cm³/mol. The number of carbonyl (C=O) groups excluding carboxylic acids is 3. The van der Waals surface area contributed by atoms with Crippen molar-refractivity contribution in [3.63, 3.8) is 0 Å². The van der Waals surface area contributed by atoms with Crippen molar-refractivity contribution in [2.45, 2.75) is 57.9 Å². The van der Waals surface area contributed by atoms with Gasteiger partial charge in [-0.15, -0.1) is 0 Å². The van der Waals surface area contributed by atoms with Crippen molar-refractivity contribution in [3.8, 4) is 0 Å². The zero-order valence-electron chi connectivity index (χ0n) is 12.8. The first-order valence-electron chi connectivity index (χ1n) is 6.59. The van der Waals surface area contributed by atoms with Crippen LogP contribution in [-0.4, -0.2) is 64.9 Å². The number of aliphatic hydroxyl groups excluding tert-OH is 2. The van der Waals surface area contributed by atoms with Crippen LogP contribution in [-0.2, 0) is 33.3 Å². The molecule has 0 spiro atoms. The molecule has 126 valence electrons. The molecule has 1 aliphatic heterocycles. The van der Waals surface area contributed by atoms with Gasteiger partial charge in [0, 0.05) is 20.8 Å². The smallest absolute Gasteiger partial charge is 0.305 e. The van der Waals surface area contributed by atoms with Crippen molar-refractivity contribution < 1.29 is 43.5 Å². The highest BCUT2D eigenvalue weighted by molar-refractivity contribution is 5.68. The molecule has 0 saturated carbocycles. The predicted octanol–water partition coefficient (Wildman–Crippen LogP) is -1.12. The summed E-state index contributed by atoms with van der Waals surface area (Å²) in [6.07, 6.45) is -5.67. The zero-order chi connectivity index (χ0) is 17.1. The van der Waals surface area contributed by atoms with E-state index >= 15 is 0 Å². The van der Waals surface area contributed by atoms with Crippen LogP contribution in [0.15, 0.2) is 0 Å². The minimum atomic E-state index is -1.57. The molecule has 1 aliphatic rings. The van der Waals surface area contributed by atoms with Gasteiger partial charge in [0.05, 0.1) is 6.61 Å². The first kappa shape index (κ1) is 18.3. The highest BCUT2D eigenvalue weighted by Crippen LogP contribution is 2.33.